The van der Waals surface area contributed by atoms with Crippen molar-refractivity contribution in [3.63, 3.8) is 0 Å². The Bertz CT molecular complexity index is 525. The molecule has 0 aliphatic heterocycles. The van der Waals surface area contributed by atoms with E-state index in [2.05, 4.69) is 10.2 Å². The summed E-state index contributed by atoms with van der Waals surface area (Å²) < 4.78 is 30.8. The van der Waals surface area contributed by atoms with E-state index in [1.54, 1.807) is 6.92 Å². The van der Waals surface area contributed by atoms with E-state index in [1.165, 1.54) is 0 Å². The van der Waals surface area contributed by atoms with Crippen LogP contribution in [-0.2, 0) is 14.8 Å². The van der Waals surface area contributed by atoms with Gasteiger partial charge in [-0.2, -0.15) is 9.40 Å². The van der Waals surface area contributed by atoms with Gasteiger partial charge in [-0.3, -0.25) is 5.10 Å². The fraction of sp³-hybridized carbons (Fsp3) is 0.600. The Balaban J connectivity index is 3.00. The minimum absolute atomic E-state index is 0.157. The third-order valence-electron chi connectivity index (χ3n) is 2.47. The van der Waals surface area contributed by atoms with Crippen molar-refractivity contribution in [1.29, 1.82) is 0 Å². The van der Waals surface area contributed by atoms with E-state index in [-0.39, 0.29) is 25.3 Å². The van der Waals surface area contributed by atoms with Crippen LogP contribution in [0, 0.1) is 0 Å². The summed E-state index contributed by atoms with van der Waals surface area (Å²) in [6.45, 7) is 4.59. The number of aromatic amines is 1. The van der Waals surface area contributed by atoms with E-state index in [0.717, 1.165) is 10.5 Å². The third-order valence-corrected chi connectivity index (χ3v) is 4.42. The molecular formula is C10H17N3O5S. The van der Waals surface area contributed by atoms with Crippen molar-refractivity contribution in [3.8, 4) is 0 Å². The Morgan fingerprint density at radius 3 is 2.74 bits per heavy atom. The lowest BCUT2D eigenvalue weighted by Gasteiger charge is -2.19. The monoisotopic (exact) mass is 291 g/mol. The molecule has 1 aromatic heterocycles. The fourth-order valence-electron chi connectivity index (χ4n) is 1.51. The van der Waals surface area contributed by atoms with Gasteiger partial charge in [-0.1, -0.05) is 6.92 Å². The molecule has 0 fully saturated rings. The molecule has 19 heavy (non-hydrogen) atoms. The maximum atomic E-state index is 12.3. The number of nitrogens with one attached hydrogen (secondary N) is 1. The predicted molar refractivity (Wildman–Crippen MR) is 66.5 cm³/mol. The maximum absolute atomic E-state index is 12.3. The highest BCUT2D eigenvalue weighted by atomic mass is 32.2. The van der Waals surface area contributed by atoms with Crippen LogP contribution in [0.1, 0.15) is 24.2 Å². The van der Waals surface area contributed by atoms with Crippen molar-refractivity contribution in [3.05, 3.63) is 11.8 Å². The van der Waals surface area contributed by atoms with E-state index in [9.17, 15) is 13.2 Å². The van der Waals surface area contributed by atoms with Crippen LogP contribution < -0.4 is 0 Å². The third kappa shape index (κ3) is 3.52. The fourth-order valence-corrected chi connectivity index (χ4v) is 3.01. The van der Waals surface area contributed by atoms with Crippen LogP contribution in [0.25, 0.3) is 0 Å². The number of hydrogen-bond acceptors (Lipinski definition) is 5. The van der Waals surface area contributed by atoms with Crippen LogP contribution in [0.5, 0.6) is 0 Å². The van der Waals surface area contributed by atoms with Crippen LogP contribution in [0.3, 0.4) is 0 Å². The van der Waals surface area contributed by atoms with Gasteiger partial charge in [-0.25, -0.2) is 13.2 Å². The van der Waals surface area contributed by atoms with Gasteiger partial charge in [-0.15, -0.1) is 0 Å². The summed E-state index contributed by atoms with van der Waals surface area (Å²) in [6.07, 6.45) is 0.978. The number of carboxylic acid groups (broad SMARTS) is 1. The molecule has 0 radical (unpaired) electrons. The van der Waals surface area contributed by atoms with Crippen LogP contribution in [0.15, 0.2) is 11.2 Å². The normalized spacial score (nSPS) is 11.9. The van der Waals surface area contributed by atoms with Crippen LogP contribution in [-0.4, -0.2) is 60.3 Å². The predicted octanol–water partition coefficient (Wildman–Crippen LogP) is 0.155. The second-order valence-corrected chi connectivity index (χ2v) is 5.49. The summed E-state index contributed by atoms with van der Waals surface area (Å²) in [5, 5.41) is 14.2. The molecule has 2 N–H and O–H groups in total. The summed E-state index contributed by atoms with van der Waals surface area (Å²) in [5.74, 6) is -1.34. The number of ether oxygens (including phenoxy) is 1. The standard InChI is InChI=1S/C10H17N3O5S/c1-3-13(5-6-18-4-2)19(16,17)9-8(10(14)15)7-11-12-9/h7H,3-6H2,1-2H3,(H,11,12)(H,14,15). The SMILES string of the molecule is CCOCCN(CC)S(=O)(=O)c1[nH]ncc1C(=O)O. The van der Waals surface area contributed by atoms with Crippen LogP contribution in [0.2, 0.25) is 0 Å². The van der Waals surface area contributed by atoms with E-state index in [1.807, 2.05) is 6.92 Å². The van der Waals surface area contributed by atoms with E-state index in [4.69, 9.17) is 9.84 Å². The van der Waals surface area contributed by atoms with Gasteiger partial charge in [0.15, 0.2) is 5.03 Å². The Hall–Kier alpha value is -1.45. The second-order valence-electron chi connectivity index (χ2n) is 3.61. The summed E-state index contributed by atoms with van der Waals surface area (Å²) in [5.41, 5.74) is -0.366. The average molecular weight is 291 g/mol. The summed E-state index contributed by atoms with van der Waals surface area (Å²) in [6, 6.07) is 0. The zero-order valence-corrected chi connectivity index (χ0v) is 11.6. The molecule has 1 rings (SSSR count). The number of carboxylic acids is 1. The van der Waals surface area contributed by atoms with Crippen molar-refractivity contribution in [2.24, 2.45) is 0 Å². The summed E-state index contributed by atoms with van der Waals surface area (Å²) in [4.78, 5) is 10.9. The number of likely N-dealkylation sites (N-methyl/N-ethyl adjacent to an activating group) is 1. The molecule has 0 spiro atoms. The average Bonchev–Trinajstić information content (AvgIpc) is 2.84. The quantitative estimate of drug-likeness (QED) is 0.659. The molecule has 0 atom stereocenters. The van der Waals surface area contributed by atoms with E-state index in [0.29, 0.717) is 6.61 Å². The van der Waals surface area contributed by atoms with Gasteiger partial charge in [-0.05, 0) is 6.92 Å². The first-order valence-electron chi connectivity index (χ1n) is 5.79. The minimum atomic E-state index is -3.91. The molecular weight excluding hydrogens is 274 g/mol. The first kappa shape index (κ1) is 15.6. The van der Waals surface area contributed by atoms with Gasteiger partial charge in [0.2, 0.25) is 0 Å². The molecule has 0 saturated heterocycles. The zero-order chi connectivity index (χ0) is 14.5. The van der Waals surface area contributed by atoms with Gasteiger partial charge in [0, 0.05) is 19.7 Å². The topological polar surface area (TPSA) is 113 Å². The number of hydrogen-bond donors (Lipinski definition) is 2. The summed E-state index contributed by atoms with van der Waals surface area (Å²) >= 11 is 0. The number of sulfonamides is 1. The molecule has 8 nitrogen and oxygen atoms in total. The molecule has 1 heterocycles. The minimum Gasteiger partial charge on any atom is -0.478 e. The maximum Gasteiger partial charge on any atom is 0.340 e. The van der Waals surface area contributed by atoms with Gasteiger partial charge < -0.3 is 9.84 Å². The number of nitrogens with zero attached hydrogens (tertiary/aromatic N) is 2. The molecule has 0 unspecified atom stereocenters. The van der Waals surface area contributed by atoms with Crippen molar-refractivity contribution in [2.45, 2.75) is 18.9 Å². The number of rotatable bonds is 8. The van der Waals surface area contributed by atoms with Crippen molar-refractivity contribution >= 4 is 16.0 Å². The first-order valence-corrected chi connectivity index (χ1v) is 7.23. The number of H-pyrrole nitrogens is 1. The molecule has 0 aliphatic rings. The lowest BCUT2D eigenvalue weighted by molar-refractivity contribution is 0.0692. The molecule has 0 amide bonds. The Morgan fingerprint density at radius 2 is 2.21 bits per heavy atom. The van der Waals surface area contributed by atoms with Gasteiger partial charge in [0.1, 0.15) is 5.56 Å². The number of aromatic carboxylic acids is 1. The van der Waals surface area contributed by atoms with E-state index >= 15 is 0 Å². The summed E-state index contributed by atoms with van der Waals surface area (Å²) in [7, 11) is -3.91. The largest absolute Gasteiger partial charge is 0.478 e. The molecule has 1 aromatic rings. The second kappa shape index (κ2) is 6.64. The zero-order valence-electron chi connectivity index (χ0n) is 10.8. The Labute approximate surface area is 111 Å². The lowest BCUT2D eigenvalue weighted by Crippen LogP contribution is -2.35. The van der Waals surface area contributed by atoms with Crippen molar-refractivity contribution in [2.75, 3.05) is 26.3 Å². The van der Waals surface area contributed by atoms with Gasteiger partial charge in [0.05, 0.1) is 12.8 Å². The van der Waals surface area contributed by atoms with E-state index < -0.39 is 21.0 Å². The first-order chi connectivity index (χ1) is 8.95. The highest BCUT2D eigenvalue weighted by molar-refractivity contribution is 7.89. The highest BCUT2D eigenvalue weighted by Crippen LogP contribution is 2.17. The Kier molecular flexibility index (Phi) is 5.45. The molecule has 9 heteroatoms. The van der Waals surface area contributed by atoms with Gasteiger partial charge >= 0.3 is 5.97 Å². The highest BCUT2D eigenvalue weighted by Gasteiger charge is 2.29. The van der Waals surface area contributed by atoms with Gasteiger partial charge in [0.25, 0.3) is 10.0 Å². The molecule has 0 aliphatic carbocycles. The Morgan fingerprint density at radius 1 is 1.53 bits per heavy atom. The molecule has 108 valence electrons. The van der Waals surface area contributed by atoms with Crippen LogP contribution >= 0.6 is 0 Å². The van der Waals surface area contributed by atoms with Crippen molar-refractivity contribution in [1.82, 2.24) is 14.5 Å². The van der Waals surface area contributed by atoms with Crippen LogP contribution in [0.4, 0.5) is 0 Å². The molecule has 0 bridgehead atoms. The molecule has 0 saturated carbocycles. The number of aromatic nitrogens is 2. The number of carbonyl (C=O) groups is 1. The lowest BCUT2D eigenvalue weighted by atomic mass is 10.4. The van der Waals surface area contributed by atoms with Crippen molar-refractivity contribution < 1.29 is 23.1 Å². The molecule has 0 aromatic carbocycles. The smallest absolute Gasteiger partial charge is 0.340 e.